The molecule has 5 nitrogen and oxygen atoms in total. The number of carboxylic acid groups (broad SMARTS) is 1. The summed E-state index contributed by atoms with van der Waals surface area (Å²) in [5.41, 5.74) is 1.16. The summed E-state index contributed by atoms with van der Waals surface area (Å²) in [6, 6.07) is 9.83. The highest BCUT2D eigenvalue weighted by Crippen LogP contribution is 2.24. The van der Waals surface area contributed by atoms with Crippen molar-refractivity contribution in [1.29, 1.82) is 0 Å². The zero-order valence-electron chi connectivity index (χ0n) is 10.9. The van der Waals surface area contributed by atoms with Gasteiger partial charge >= 0.3 is 5.97 Å². The van der Waals surface area contributed by atoms with Gasteiger partial charge in [-0.1, -0.05) is 30.3 Å². The fourth-order valence-electron chi connectivity index (χ4n) is 1.79. The van der Waals surface area contributed by atoms with Gasteiger partial charge in [-0.05, 0) is 18.4 Å². The molecule has 1 amide bonds. The topological polar surface area (TPSA) is 79.3 Å². The van der Waals surface area contributed by atoms with E-state index in [1.54, 1.807) is 0 Å². The maximum absolute atomic E-state index is 11.2. The molecule has 2 rings (SSSR count). The lowest BCUT2D eigenvalue weighted by Crippen LogP contribution is -2.06. The highest BCUT2D eigenvalue weighted by molar-refractivity contribution is 7.16. The Balaban J connectivity index is 2.15. The highest BCUT2D eigenvalue weighted by Gasteiger charge is 2.17. The van der Waals surface area contributed by atoms with Crippen LogP contribution in [0.4, 0.5) is 5.13 Å². The zero-order valence-corrected chi connectivity index (χ0v) is 11.7. The van der Waals surface area contributed by atoms with E-state index in [1.165, 1.54) is 18.3 Å². The molecule has 6 heteroatoms. The van der Waals surface area contributed by atoms with E-state index in [2.05, 4.69) is 10.3 Å². The van der Waals surface area contributed by atoms with E-state index in [0.717, 1.165) is 12.0 Å². The third kappa shape index (κ3) is 3.64. The Labute approximate surface area is 120 Å². The van der Waals surface area contributed by atoms with Gasteiger partial charge in [-0.25, -0.2) is 9.78 Å². The van der Waals surface area contributed by atoms with Crippen LogP contribution in [-0.2, 0) is 17.6 Å². The molecule has 2 N–H and O–H groups in total. The summed E-state index contributed by atoms with van der Waals surface area (Å²) in [7, 11) is 0. The first-order valence-electron chi connectivity index (χ1n) is 6.11. The summed E-state index contributed by atoms with van der Waals surface area (Å²) < 4.78 is 0. The van der Waals surface area contributed by atoms with Crippen LogP contribution >= 0.6 is 11.3 Å². The molecule has 0 bridgehead atoms. The minimum absolute atomic E-state index is 0.0229. The van der Waals surface area contributed by atoms with Crippen LogP contribution in [0.15, 0.2) is 30.3 Å². The van der Waals surface area contributed by atoms with E-state index in [9.17, 15) is 9.59 Å². The second-order valence-corrected chi connectivity index (χ2v) is 5.35. The standard InChI is InChI=1S/C14H14N2O3S/c1-9(17)15-14-16-12(13(18)19)11(20-14)8-7-10-5-3-2-4-6-10/h2-6H,7-8H2,1H3,(H,18,19)(H,15,16,17). The lowest BCUT2D eigenvalue weighted by atomic mass is 10.1. The van der Waals surface area contributed by atoms with Crippen LogP contribution < -0.4 is 5.32 Å². The van der Waals surface area contributed by atoms with Crippen LogP contribution in [0.3, 0.4) is 0 Å². The Kier molecular flexibility index (Phi) is 4.47. The SMILES string of the molecule is CC(=O)Nc1nc(C(=O)O)c(CCc2ccccc2)s1. The van der Waals surface area contributed by atoms with E-state index in [1.807, 2.05) is 30.3 Å². The van der Waals surface area contributed by atoms with Crippen molar-refractivity contribution in [3.8, 4) is 0 Å². The number of anilines is 1. The van der Waals surface area contributed by atoms with Crippen molar-refractivity contribution < 1.29 is 14.7 Å². The third-order valence-electron chi connectivity index (χ3n) is 2.67. The van der Waals surface area contributed by atoms with Crippen molar-refractivity contribution in [3.05, 3.63) is 46.5 Å². The van der Waals surface area contributed by atoms with Crippen molar-refractivity contribution in [2.75, 3.05) is 5.32 Å². The second-order valence-electron chi connectivity index (χ2n) is 4.26. The van der Waals surface area contributed by atoms with Gasteiger partial charge in [-0.2, -0.15) is 0 Å². The summed E-state index contributed by atoms with van der Waals surface area (Å²) in [4.78, 5) is 26.8. The molecule has 0 atom stereocenters. The van der Waals surface area contributed by atoms with Gasteiger partial charge < -0.3 is 10.4 Å². The molecule has 1 aromatic heterocycles. The van der Waals surface area contributed by atoms with Crippen molar-refractivity contribution >= 4 is 28.3 Å². The molecule has 2 aromatic rings. The van der Waals surface area contributed by atoms with Crippen molar-refractivity contribution in [1.82, 2.24) is 4.98 Å². The number of amides is 1. The largest absolute Gasteiger partial charge is 0.476 e. The molecule has 0 saturated carbocycles. The summed E-state index contributed by atoms with van der Waals surface area (Å²) in [6.45, 7) is 1.37. The first kappa shape index (κ1) is 14.2. The number of thiazole rings is 1. The second kappa shape index (κ2) is 6.29. The Hall–Kier alpha value is -2.21. The van der Waals surface area contributed by atoms with Gasteiger partial charge in [0.05, 0.1) is 0 Å². The van der Waals surface area contributed by atoms with E-state index >= 15 is 0 Å². The van der Waals surface area contributed by atoms with E-state index in [4.69, 9.17) is 5.11 Å². The molecule has 104 valence electrons. The number of aryl methyl sites for hydroxylation is 2. The van der Waals surface area contributed by atoms with Crippen molar-refractivity contribution in [2.45, 2.75) is 19.8 Å². The predicted molar refractivity (Wildman–Crippen MR) is 77.2 cm³/mol. The van der Waals surface area contributed by atoms with Gasteiger partial charge in [0.2, 0.25) is 5.91 Å². The normalized spacial score (nSPS) is 10.2. The van der Waals surface area contributed by atoms with Gasteiger partial charge in [-0.15, -0.1) is 11.3 Å². The number of nitrogens with zero attached hydrogens (tertiary/aromatic N) is 1. The van der Waals surface area contributed by atoms with Gasteiger partial charge in [-0.3, -0.25) is 4.79 Å². The Morgan fingerprint density at radius 1 is 1.25 bits per heavy atom. The molecule has 0 aliphatic rings. The van der Waals surface area contributed by atoms with E-state index < -0.39 is 5.97 Å². The number of aromatic nitrogens is 1. The number of hydrogen-bond acceptors (Lipinski definition) is 4. The number of carboxylic acids is 1. The zero-order chi connectivity index (χ0) is 14.5. The van der Waals surface area contributed by atoms with E-state index in [-0.39, 0.29) is 11.6 Å². The number of aromatic carboxylic acids is 1. The van der Waals surface area contributed by atoms with Gasteiger partial charge in [0.15, 0.2) is 10.8 Å². The Bertz CT molecular complexity index is 623. The molecule has 0 fully saturated rings. The first-order valence-corrected chi connectivity index (χ1v) is 6.92. The minimum Gasteiger partial charge on any atom is -0.476 e. The van der Waals surface area contributed by atoms with Crippen LogP contribution in [-0.4, -0.2) is 22.0 Å². The summed E-state index contributed by atoms with van der Waals surface area (Å²) >= 11 is 1.21. The number of benzene rings is 1. The lowest BCUT2D eigenvalue weighted by molar-refractivity contribution is -0.114. The molecule has 0 aliphatic heterocycles. The molecule has 0 radical (unpaired) electrons. The smallest absolute Gasteiger partial charge is 0.355 e. The fraction of sp³-hybridized carbons (Fsp3) is 0.214. The van der Waals surface area contributed by atoms with Gasteiger partial charge in [0.1, 0.15) is 0 Å². The molecule has 0 saturated heterocycles. The van der Waals surface area contributed by atoms with Crippen molar-refractivity contribution in [2.24, 2.45) is 0 Å². The fourth-order valence-corrected chi connectivity index (χ4v) is 2.79. The number of carbonyl (C=O) groups is 2. The maximum atomic E-state index is 11.2. The molecule has 0 spiro atoms. The summed E-state index contributed by atoms with van der Waals surface area (Å²) in [5, 5.41) is 12.0. The summed E-state index contributed by atoms with van der Waals surface area (Å²) in [5.74, 6) is -1.33. The Morgan fingerprint density at radius 3 is 2.55 bits per heavy atom. The average Bonchev–Trinajstić information content (AvgIpc) is 2.80. The Morgan fingerprint density at radius 2 is 1.95 bits per heavy atom. The summed E-state index contributed by atoms with van der Waals surface area (Å²) in [6.07, 6.45) is 1.33. The van der Waals surface area contributed by atoms with Crippen LogP contribution in [0.2, 0.25) is 0 Å². The number of nitrogens with one attached hydrogen (secondary N) is 1. The van der Waals surface area contributed by atoms with Crippen LogP contribution in [0, 0.1) is 0 Å². The predicted octanol–water partition coefficient (Wildman–Crippen LogP) is 2.58. The average molecular weight is 290 g/mol. The molecule has 0 aliphatic carbocycles. The van der Waals surface area contributed by atoms with Crippen LogP contribution in [0.1, 0.15) is 27.9 Å². The quantitative estimate of drug-likeness (QED) is 0.887. The van der Waals surface area contributed by atoms with Gasteiger partial charge in [0, 0.05) is 11.8 Å². The molecule has 0 unspecified atom stereocenters. The maximum Gasteiger partial charge on any atom is 0.355 e. The number of hydrogen-bond donors (Lipinski definition) is 2. The van der Waals surface area contributed by atoms with Crippen LogP contribution in [0.5, 0.6) is 0 Å². The van der Waals surface area contributed by atoms with Crippen LogP contribution in [0.25, 0.3) is 0 Å². The molecule has 20 heavy (non-hydrogen) atoms. The first-order chi connectivity index (χ1) is 9.56. The lowest BCUT2D eigenvalue weighted by Gasteiger charge is -1.99. The molecule has 1 heterocycles. The highest BCUT2D eigenvalue weighted by atomic mass is 32.1. The minimum atomic E-state index is -1.07. The number of carbonyl (C=O) groups excluding carboxylic acids is 1. The van der Waals surface area contributed by atoms with Crippen molar-refractivity contribution in [3.63, 3.8) is 0 Å². The van der Waals surface area contributed by atoms with E-state index in [0.29, 0.717) is 16.4 Å². The van der Waals surface area contributed by atoms with Gasteiger partial charge in [0.25, 0.3) is 0 Å². The third-order valence-corrected chi connectivity index (χ3v) is 3.70. The monoisotopic (exact) mass is 290 g/mol. The molecular weight excluding hydrogens is 276 g/mol. The molecule has 1 aromatic carbocycles. The number of rotatable bonds is 5. The molecular formula is C14H14N2O3S.